The van der Waals surface area contributed by atoms with Crippen LogP contribution in [0.2, 0.25) is 0 Å². The summed E-state index contributed by atoms with van der Waals surface area (Å²) in [6.45, 7) is 4.01. The van der Waals surface area contributed by atoms with Crippen LogP contribution in [0.1, 0.15) is 38.1 Å². The molecule has 1 aliphatic carbocycles. The SMILES string of the molecule is COC(=O)[C@H]1CC[C@](O)(c2ncc(-c3cccc(Br)n3)s2)CC1(C)C. The zero-order chi connectivity index (χ0) is 18.2. The minimum atomic E-state index is -1.02. The number of carbonyl (C=O) groups is 1. The molecule has 2 aromatic rings. The van der Waals surface area contributed by atoms with E-state index in [0.717, 1.165) is 15.2 Å². The van der Waals surface area contributed by atoms with Crippen molar-refractivity contribution in [2.24, 2.45) is 11.3 Å². The molecule has 1 fully saturated rings. The lowest BCUT2D eigenvalue weighted by Gasteiger charge is -2.44. The van der Waals surface area contributed by atoms with Crippen LogP contribution in [0, 0.1) is 11.3 Å². The molecule has 7 heteroatoms. The highest BCUT2D eigenvalue weighted by molar-refractivity contribution is 9.10. The Bertz CT molecular complexity index is 792. The van der Waals surface area contributed by atoms with Crippen LogP contribution in [0.25, 0.3) is 10.6 Å². The van der Waals surface area contributed by atoms with E-state index in [2.05, 4.69) is 25.9 Å². The summed E-state index contributed by atoms with van der Waals surface area (Å²) in [5, 5.41) is 11.9. The molecule has 0 amide bonds. The number of rotatable bonds is 3. The first-order valence-corrected chi connectivity index (χ1v) is 9.75. The molecule has 0 aliphatic heterocycles. The topological polar surface area (TPSA) is 72.3 Å². The third-order valence-corrected chi connectivity index (χ3v) is 6.55. The molecule has 0 aromatic carbocycles. The van der Waals surface area contributed by atoms with E-state index in [1.54, 1.807) is 6.20 Å². The van der Waals surface area contributed by atoms with Crippen LogP contribution in [-0.4, -0.2) is 28.2 Å². The summed E-state index contributed by atoms with van der Waals surface area (Å²) >= 11 is 4.83. The van der Waals surface area contributed by atoms with Gasteiger partial charge in [-0.3, -0.25) is 4.79 Å². The predicted molar refractivity (Wildman–Crippen MR) is 100 cm³/mol. The molecule has 2 heterocycles. The van der Waals surface area contributed by atoms with Crippen molar-refractivity contribution in [3.8, 4) is 10.6 Å². The number of nitrogens with zero attached hydrogens (tertiary/aromatic N) is 2. The number of hydrogen-bond acceptors (Lipinski definition) is 6. The van der Waals surface area contributed by atoms with Gasteiger partial charge in [0.1, 0.15) is 15.2 Å². The Balaban J connectivity index is 1.86. The number of pyridine rings is 1. The van der Waals surface area contributed by atoms with Crippen molar-refractivity contribution in [2.45, 2.75) is 38.7 Å². The standard InChI is InChI=1S/C18H21BrN2O3S/c1-17(2)10-18(23,8-7-11(17)15(22)24-3)16-20-9-13(25-16)12-5-4-6-14(19)21-12/h4-6,9,11,23H,7-8,10H2,1-3H3/t11-,18-/m1/s1. The van der Waals surface area contributed by atoms with Gasteiger partial charge >= 0.3 is 5.97 Å². The van der Waals surface area contributed by atoms with Gasteiger partial charge in [0, 0.05) is 6.20 Å². The highest BCUT2D eigenvalue weighted by Gasteiger charge is 2.49. The van der Waals surface area contributed by atoms with E-state index in [1.807, 2.05) is 32.0 Å². The molecular formula is C18H21BrN2O3S. The second-order valence-electron chi connectivity index (χ2n) is 7.19. The third kappa shape index (κ3) is 3.64. The summed E-state index contributed by atoms with van der Waals surface area (Å²) in [7, 11) is 1.41. The smallest absolute Gasteiger partial charge is 0.309 e. The molecule has 2 atom stereocenters. The Kier molecular flexibility index (Phi) is 5.01. The molecule has 0 saturated heterocycles. The molecule has 0 radical (unpaired) electrons. The second-order valence-corrected chi connectivity index (χ2v) is 9.03. The van der Waals surface area contributed by atoms with Gasteiger partial charge in [0.2, 0.25) is 0 Å². The maximum atomic E-state index is 12.0. The van der Waals surface area contributed by atoms with E-state index < -0.39 is 5.60 Å². The zero-order valence-corrected chi connectivity index (χ0v) is 16.9. The third-order valence-electron chi connectivity index (χ3n) is 4.90. The molecule has 1 aliphatic rings. The van der Waals surface area contributed by atoms with E-state index in [4.69, 9.17) is 4.74 Å². The van der Waals surface area contributed by atoms with E-state index in [9.17, 15) is 9.90 Å². The van der Waals surface area contributed by atoms with E-state index in [0.29, 0.717) is 24.3 Å². The molecule has 0 unspecified atom stereocenters. The molecule has 3 rings (SSSR count). The summed E-state index contributed by atoms with van der Waals surface area (Å²) in [6.07, 6.45) is 3.31. The molecule has 134 valence electrons. The first-order chi connectivity index (χ1) is 11.7. The van der Waals surface area contributed by atoms with Crippen LogP contribution in [0.5, 0.6) is 0 Å². The summed E-state index contributed by atoms with van der Waals surface area (Å²) in [5.41, 5.74) is -0.563. The Labute approximate surface area is 159 Å². The summed E-state index contributed by atoms with van der Waals surface area (Å²) < 4.78 is 5.69. The lowest BCUT2D eigenvalue weighted by atomic mass is 9.63. The number of ether oxygens (including phenoxy) is 1. The highest BCUT2D eigenvalue weighted by Crippen LogP contribution is 2.51. The maximum Gasteiger partial charge on any atom is 0.309 e. The molecule has 1 N–H and O–H groups in total. The van der Waals surface area contributed by atoms with E-state index >= 15 is 0 Å². The highest BCUT2D eigenvalue weighted by atomic mass is 79.9. The van der Waals surface area contributed by atoms with Crippen LogP contribution >= 0.6 is 27.3 Å². The van der Waals surface area contributed by atoms with Crippen molar-refractivity contribution >= 4 is 33.2 Å². The Morgan fingerprint density at radius 1 is 1.44 bits per heavy atom. The van der Waals surface area contributed by atoms with E-state index in [-0.39, 0.29) is 17.3 Å². The van der Waals surface area contributed by atoms with Crippen LogP contribution in [0.4, 0.5) is 0 Å². The van der Waals surface area contributed by atoms with Crippen molar-refractivity contribution in [2.75, 3.05) is 7.11 Å². The number of thiazole rings is 1. The number of aromatic nitrogens is 2. The van der Waals surface area contributed by atoms with E-state index in [1.165, 1.54) is 18.4 Å². The van der Waals surface area contributed by atoms with Crippen LogP contribution in [0.15, 0.2) is 29.0 Å². The number of hydrogen-bond donors (Lipinski definition) is 1. The molecule has 5 nitrogen and oxygen atoms in total. The van der Waals surface area contributed by atoms with Crippen LogP contribution in [0.3, 0.4) is 0 Å². The van der Waals surface area contributed by atoms with Crippen molar-refractivity contribution in [3.05, 3.63) is 34.0 Å². The van der Waals surface area contributed by atoms with Gasteiger partial charge in [0.05, 0.1) is 23.6 Å². The van der Waals surface area contributed by atoms with Gasteiger partial charge in [0.15, 0.2) is 0 Å². The summed E-state index contributed by atoms with van der Waals surface area (Å²) in [5.74, 6) is -0.408. The van der Waals surface area contributed by atoms with Crippen molar-refractivity contribution in [1.82, 2.24) is 9.97 Å². The number of methoxy groups -OCH3 is 1. The second kappa shape index (κ2) is 6.78. The molecule has 1 saturated carbocycles. The maximum absolute atomic E-state index is 12.0. The van der Waals surface area contributed by atoms with Crippen LogP contribution in [-0.2, 0) is 15.1 Å². The van der Waals surface area contributed by atoms with Gasteiger partial charge < -0.3 is 9.84 Å². The predicted octanol–water partition coefficient (Wildman–Crippen LogP) is 4.15. The fourth-order valence-corrected chi connectivity index (χ4v) is 5.00. The fourth-order valence-electron chi connectivity index (χ4n) is 3.65. The number of carbonyl (C=O) groups excluding carboxylic acids is 1. The van der Waals surface area contributed by atoms with Gasteiger partial charge in [0.25, 0.3) is 0 Å². The summed E-state index contributed by atoms with van der Waals surface area (Å²) in [4.78, 5) is 21.9. The monoisotopic (exact) mass is 424 g/mol. The molecule has 25 heavy (non-hydrogen) atoms. The minimum Gasteiger partial charge on any atom is -0.469 e. The average Bonchev–Trinajstić information content (AvgIpc) is 3.04. The lowest BCUT2D eigenvalue weighted by Crippen LogP contribution is -2.45. The van der Waals surface area contributed by atoms with Gasteiger partial charge in [-0.05, 0) is 52.7 Å². The quantitative estimate of drug-likeness (QED) is 0.591. The van der Waals surface area contributed by atoms with Crippen molar-refractivity contribution < 1.29 is 14.6 Å². The normalized spacial score (nSPS) is 25.6. The first-order valence-electron chi connectivity index (χ1n) is 8.15. The molecular weight excluding hydrogens is 404 g/mol. The first kappa shape index (κ1) is 18.5. The molecule has 2 aromatic heterocycles. The largest absolute Gasteiger partial charge is 0.469 e. The number of esters is 1. The van der Waals surface area contributed by atoms with Crippen molar-refractivity contribution in [3.63, 3.8) is 0 Å². The lowest BCUT2D eigenvalue weighted by molar-refractivity contribution is -0.157. The molecule has 0 spiro atoms. The van der Waals surface area contributed by atoms with Crippen molar-refractivity contribution in [1.29, 1.82) is 0 Å². The van der Waals surface area contributed by atoms with Gasteiger partial charge in [-0.2, -0.15) is 0 Å². The number of halogens is 1. The van der Waals surface area contributed by atoms with Gasteiger partial charge in [-0.1, -0.05) is 19.9 Å². The summed E-state index contributed by atoms with van der Waals surface area (Å²) in [6, 6.07) is 5.71. The Morgan fingerprint density at radius 2 is 2.20 bits per heavy atom. The Hall–Kier alpha value is -1.31. The average molecular weight is 425 g/mol. The fraction of sp³-hybridized carbons (Fsp3) is 0.500. The molecule has 0 bridgehead atoms. The Morgan fingerprint density at radius 3 is 2.84 bits per heavy atom. The van der Waals surface area contributed by atoms with Gasteiger partial charge in [-0.15, -0.1) is 11.3 Å². The van der Waals surface area contributed by atoms with Crippen LogP contribution < -0.4 is 0 Å². The van der Waals surface area contributed by atoms with Gasteiger partial charge in [-0.25, -0.2) is 9.97 Å². The zero-order valence-electron chi connectivity index (χ0n) is 14.5. The number of aliphatic hydroxyl groups is 1. The minimum absolute atomic E-state index is 0.204.